The topological polar surface area (TPSA) is 126 Å². The number of hydrogen-bond donors (Lipinski definition) is 3. The van der Waals surface area contributed by atoms with E-state index in [0.29, 0.717) is 42.9 Å². The standard InChI is InChI=1S/C27H26F3N7O2S/c1-16-8-19(10-20(9-16)36-25-33-7-4-22(37-25)27(28,29)30)21-14-35-24(40-21)26(39)5-2-18(3-6-26)23(38)34-13-17-11-31-15-32-12-17/h4,7-12,14-15,18,39H,2-3,5-6,13H2,1H3,(H,34,38)(H,33,36,37)/t18-,26-. The van der Waals surface area contributed by atoms with E-state index in [0.717, 1.165) is 33.8 Å². The van der Waals surface area contributed by atoms with Crippen LogP contribution in [0.4, 0.5) is 24.8 Å². The average Bonchev–Trinajstić information content (AvgIpc) is 3.44. The summed E-state index contributed by atoms with van der Waals surface area (Å²) >= 11 is 1.35. The van der Waals surface area contributed by atoms with Crippen molar-refractivity contribution in [3.05, 3.63) is 77.2 Å². The first kappa shape index (κ1) is 27.6. The van der Waals surface area contributed by atoms with Crippen molar-refractivity contribution in [1.29, 1.82) is 0 Å². The maximum absolute atomic E-state index is 13.0. The minimum Gasteiger partial charge on any atom is -0.383 e. The van der Waals surface area contributed by atoms with Gasteiger partial charge in [-0.15, -0.1) is 11.3 Å². The summed E-state index contributed by atoms with van der Waals surface area (Å²) in [7, 11) is 0. The Hall–Kier alpha value is -3.97. The van der Waals surface area contributed by atoms with Crippen LogP contribution < -0.4 is 10.6 Å². The van der Waals surface area contributed by atoms with Gasteiger partial charge in [-0.3, -0.25) is 4.79 Å². The molecule has 0 saturated heterocycles. The lowest BCUT2D eigenvalue weighted by Gasteiger charge is -2.33. The maximum atomic E-state index is 13.0. The number of aliphatic hydroxyl groups is 1. The van der Waals surface area contributed by atoms with Crippen LogP contribution in [0.25, 0.3) is 10.4 Å². The molecule has 3 heterocycles. The number of thiazole rings is 1. The summed E-state index contributed by atoms with van der Waals surface area (Å²) in [5, 5.41) is 17.7. The number of hydrogen-bond acceptors (Lipinski definition) is 9. The molecule has 13 heteroatoms. The van der Waals surface area contributed by atoms with E-state index >= 15 is 0 Å². The number of alkyl halides is 3. The van der Waals surface area contributed by atoms with Crippen molar-refractivity contribution in [2.75, 3.05) is 5.32 Å². The molecule has 1 aliphatic rings. The van der Waals surface area contributed by atoms with E-state index < -0.39 is 17.5 Å². The van der Waals surface area contributed by atoms with Gasteiger partial charge in [-0.25, -0.2) is 24.9 Å². The van der Waals surface area contributed by atoms with Crippen molar-refractivity contribution in [2.45, 2.75) is 50.9 Å². The molecule has 1 saturated carbocycles. The van der Waals surface area contributed by atoms with E-state index in [9.17, 15) is 23.1 Å². The number of nitrogens with zero attached hydrogens (tertiary/aromatic N) is 5. The van der Waals surface area contributed by atoms with Crippen molar-refractivity contribution in [2.24, 2.45) is 5.92 Å². The van der Waals surface area contributed by atoms with Crippen LogP contribution in [-0.4, -0.2) is 35.9 Å². The van der Waals surface area contributed by atoms with Crippen molar-refractivity contribution in [3.8, 4) is 10.4 Å². The minimum absolute atomic E-state index is 0.0599. The Morgan fingerprint density at radius 1 is 1.12 bits per heavy atom. The number of rotatable bonds is 7. The molecule has 0 spiro atoms. The van der Waals surface area contributed by atoms with E-state index in [-0.39, 0.29) is 17.8 Å². The SMILES string of the molecule is Cc1cc(Nc2nccc(C(F)(F)F)n2)cc(-c2cnc([C@]3(O)CC[C@H](C(=O)NCc4cncnc4)CC3)s2)c1. The number of aromatic nitrogens is 5. The second kappa shape index (κ2) is 11.3. The van der Waals surface area contributed by atoms with Gasteiger partial charge in [-0.05, 0) is 61.9 Å². The van der Waals surface area contributed by atoms with Crippen molar-refractivity contribution < 1.29 is 23.1 Å². The van der Waals surface area contributed by atoms with Crippen LogP contribution in [0.5, 0.6) is 0 Å². The van der Waals surface area contributed by atoms with E-state index in [1.165, 1.54) is 17.7 Å². The number of anilines is 2. The number of amides is 1. The van der Waals surface area contributed by atoms with E-state index in [1.54, 1.807) is 30.7 Å². The fourth-order valence-corrected chi connectivity index (χ4v) is 5.70. The minimum atomic E-state index is -4.57. The summed E-state index contributed by atoms with van der Waals surface area (Å²) < 4.78 is 39.1. The van der Waals surface area contributed by atoms with Crippen molar-refractivity contribution >= 4 is 28.9 Å². The van der Waals surface area contributed by atoms with Gasteiger partial charge in [0.05, 0.1) is 4.88 Å². The van der Waals surface area contributed by atoms with E-state index in [4.69, 9.17) is 0 Å². The zero-order valence-electron chi connectivity index (χ0n) is 21.4. The van der Waals surface area contributed by atoms with Gasteiger partial charge in [0, 0.05) is 48.5 Å². The van der Waals surface area contributed by atoms with Crippen LogP contribution in [0.3, 0.4) is 0 Å². The molecular weight excluding hydrogens is 543 g/mol. The largest absolute Gasteiger partial charge is 0.433 e. The number of halogens is 3. The van der Waals surface area contributed by atoms with Crippen LogP contribution in [0, 0.1) is 12.8 Å². The molecule has 9 nitrogen and oxygen atoms in total. The average molecular weight is 570 g/mol. The molecule has 1 fully saturated rings. The second-order valence-corrected chi connectivity index (χ2v) is 10.8. The highest BCUT2D eigenvalue weighted by Gasteiger charge is 2.39. The molecule has 208 valence electrons. The monoisotopic (exact) mass is 569 g/mol. The Morgan fingerprint density at radius 3 is 2.60 bits per heavy atom. The number of carbonyl (C=O) groups is 1. The summed E-state index contributed by atoms with van der Waals surface area (Å²) in [5.74, 6) is -0.424. The van der Waals surface area contributed by atoms with E-state index in [2.05, 4.69) is 35.6 Å². The van der Waals surface area contributed by atoms with Gasteiger partial charge in [-0.2, -0.15) is 13.2 Å². The van der Waals surface area contributed by atoms with E-state index in [1.807, 2.05) is 13.0 Å². The zero-order chi connectivity index (χ0) is 28.3. The summed E-state index contributed by atoms with van der Waals surface area (Å²) in [4.78, 5) is 33.3. The van der Waals surface area contributed by atoms with Crippen LogP contribution in [0.2, 0.25) is 0 Å². The molecule has 1 amide bonds. The van der Waals surface area contributed by atoms with Crippen molar-refractivity contribution in [1.82, 2.24) is 30.2 Å². The third-order valence-corrected chi connectivity index (χ3v) is 7.97. The molecular formula is C27H26F3N7O2S. The molecule has 3 N–H and O–H groups in total. The number of aryl methyl sites for hydroxylation is 1. The van der Waals surface area contributed by atoms with Crippen LogP contribution >= 0.6 is 11.3 Å². The highest BCUT2D eigenvalue weighted by molar-refractivity contribution is 7.15. The Morgan fingerprint density at radius 2 is 1.88 bits per heavy atom. The van der Waals surface area contributed by atoms with Crippen LogP contribution in [0.1, 0.15) is 47.5 Å². The van der Waals surface area contributed by atoms with Crippen LogP contribution in [-0.2, 0) is 23.1 Å². The van der Waals surface area contributed by atoms with Gasteiger partial charge < -0.3 is 15.7 Å². The zero-order valence-corrected chi connectivity index (χ0v) is 22.3. The predicted molar refractivity (Wildman–Crippen MR) is 142 cm³/mol. The lowest BCUT2D eigenvalue weighted by atomic mass is 9.78. The van der Waals surface area contributed by atoms with Gasteiger partial charge in [0.2, 0.25) is 11.9 Å². The third kappa shape index (κ3) is 6.42. The normalized spacial score (nSPS) is 19.3. The maximum Gasteiger partial charge on any atom is 0.433 e. The fourth-order valence-electron chi connectivity index (χ4n) is 4.65. The molecule has 3 aromatic heterocycles. The van der Waals surface area contributed by atoms with Gasteiger partial charge in [0.1, 0.15) is 22.6 Å². The molecule has 0 atom stereocenters. The molecule has 4 aromatic rings. The number of benzene rings is 1. The molecule has 0 unspecified atom stereocenters. The molecule has 5 rings (SSSR count). The highest BCUT2D eigenvalue weighted by atomic mass is 32.1. The predicted octanol–water partition coefficient (Wildman–Crippen LogP) is 5.16. The molecule has 1 aliphatic carbocycles. The number of carbonyl (C=O) groups excluding carboxylic acids is 1. The Balaban J connectivity index is 1.24. The first-order chi connectivity index (χ1) is 19.1. The summed E-state index contributed by atoms with van der Waals surface area (Å²) in [5.41, 5.74) is 0.834. The third-order valence-electron chi connectivity index (χ3n) is 6.73. The second-order valence-electron chi connectivity index (χ2n) is 9.78. The lowest BCUT2D eigenvalue weighted by Crippen LogP contribution is -2.38. The first-order valence-corrected chi connectivity index (χ1v) is 13.4. The quantitative estimate of drug-likeness (QED) is 0.279. The molecule has 1 aromatic carbocycles. The summed E-state index contributed by atoms with van der Waals surface area (Å²) in [6, 6.07) is 6.30. The van der Waals surface area contributed by atoms with Crippen molar-refractivity contribution in [3.63, 3.8) is 0 Å². The van der Waals surface area contributed by atoms with Gasteiger partial charge in [0.15, 0.2) is 0 Å². The Kier molecular flexibility index (Phi) is 7.76. The number of nitrogens with one attached hydrogen (secondary N) is 2. The summed E-state index contributed by atoms with van der Waals surface area (Å²) in [6.07, 6.45) is 4.76. The highest BCUT2D eigenvalue weighted by Crippen LogP contribution is 2.43. The van der Waals surface area contributed by atoms with Gasteiger partial charge >= 0.3 is 6.18 Å². The van der Waals surface area contributed by atoms with Crippen LogP contribution in [0.15, 0.2) is 55.4 Å². The lowest BCUT2D eigenvalue weighted by molar-refractivity contribution is -0.141. The summed E-state index contributed by atoms with van der Waals surface area (Å²) in [6.45, 7) is 2.22. The first-order valence-electron chi connectivity index (χ1n) is 12.6. The van der Waals surface area contributed by atoms with Gasteiger partial charge in [0.25, 0.3) is 0 Å². The Bertz CT molecular complexity index is 1490. The fraction of sp³-hybridized carbons (Fsp3) is 0.333. The molecule has 0 radical (unpaired) electrons. The van der Waals surface area contributed by atoms with Gasteiger partial charge in [-0.1, -0.05) is 6.07 Å². The molecule has 0 bridgehead atoms. The smallest absolute Gasteiger partial charge is 0.383 e. The molecule has 40 heavy (non-hydrogen) atoms. The molecule has 0 aliphatic heterocycles. The Labute approximate surface area is 232 Å².